The number of Topliss-reactive ketones (excluding diaryl/α,β-unsaturated/α-hetero) is 1. The minimum atomic E-state index is -0.779. The number of anilines is 1. The quantitative estimate of drug-likeness (QED) is 0.351. The Morgan fingerprint density at radius 1 is 1.07 bits per heavy atom. The van der Waals surface area contributed by atoms with Crippen molar-refractivity contribution in [2.24, 2.45) is 0 Å². The highest BCUT2D eigenvalue weighted by Crippen LogP contribution is 2.29. The molecule has 0 aromatic heterocycles. The van der Waals surface area contributed by atoms with Gasteiger partial charge >= 0.3 is 5.97 Å². The second kappa shape index (κ2) is 7.86. The Morgan fingerprint density at radius 3 is 2.44 bits per heavy atom. The van der Waals surface area contributed by atoms with Crippen LogP contribution in [0.3, 0.4) is 0 Å². The first-order valence-electron chi connectivity index (χ1n) is 8.67. The van der Waals surface area contributed by atoms with Gasteiger partial charge in [-0.15, -0.1) is 0 Å². The van der Waals surface area contributed by atoms with Crippen molar-refractivity contribution in [1.82, 2.24) is 0 Å². The molecule has 1 aliphatic rings. The van der Waals surface area contributed by atoms with Gasteiger partial charge in [-0.25, -0.2) is 4.79 Å². The van der Waals surface area contributed by atoms with Gasteiger partial charge in [0.15, 0.2) is 0 Å². The minimum absolute atomic E-state index is 0.190. The molecule has 0 spiro atoms. The lowest BCUT2D eigenvalue weighted by atomic mass is 10.0. The minimum Gasteiger partial charge on any atom is -0.494 e. The lowest BCUT2D eigenvalue weighted by molar-refractivity contribution is -0.130. The number of esters is 1. The van der Waals surface area contributed by atoms with Crippen LogP contribution in [0.2, 0.25) is 0 Å². The summed E-state index contributed by atoms with van der Waals surface area (Å²) in [6.45, 7) is 4.11. The van der Waals surface area contributed by atoms with Crippen molar-refractivity contribution >= 4 is 23.3 Å². The molecule has 0 unspecified atom stereocenters. The van der Waals surface area contributed by atoms with Gasteiger partial charge in [-0.3, -0.25) is 14.5 Å². The van der Waals surface area contributed by atoms with Crippen molar-refractivity contribution in [2.75, 3.05) is 11.5 Å². The van der Waals surface area contributed by atoms with Gasteiger partial charge in [-0.1, -0.05) is 19.1 Å². The third kappa shape index (κ3) is 3.74. The third-order valence-electron chi connectivity index (χ3n) is 4.05. The Labute approximate surface area is 157 Å². The van der Waals surface area contributed by atoms with Crippen LogP contribution in [0.4, 0.5) is 5.69 Å². The molecule has 3 rings (SSSR count). The van der Waals surface area contributed by atoms with E-state index < -0.39 is 11.8 Å². The molecule has 2 aromatic carbocycles. The van der Waals surface area contributed by atoms with Crippen LogP contribution >= 0.6 is 0 Å². The second-order valence-corrected chi connectivity index (χ2v) is 5.80. The molecule has 6 nitrogen and oxygen atoms in total. The number of fused-ring (bicyclic) bond motifs is 1. The van der Waals surface area contributed by atoms with Crippen LogP contribution in [0.1, 0.15) is 30.6 Å². The average molecular weight is 365 g/mol. The summed E-state index contributed by atoms with van der Waals surface area (Å²) >= 11 is 0. The molecule has 0 bridgehead atoms. The van der Waals surface area contributed by atoms with Gasteiger partial charge in [0, 0.05) is 18.3 Å². The molecule has 1 aliphatic heterocycles. The van der Waals surface area contributed by atoms with Crippen LogP contribution in [-0.4, -0.2) is 24.3 Å². The lowest BCUT2D eigenvalue weighted by Gasteiger charge is -2.22. The fourth-order valence-corrected chi connectivity index (χ4v) is 2.71. The van der Waals surface area contributed by atoms with Crippen molar-refractivity contribution < 1.29 is 23.9 Å². The van der Waals surface area contributed by atoms with Crippen molar-refractivity contribution in [3.8, 4) is 11.5 Å². The summed E-state index contributed by atoms with van der Waals surface area (Å²) in [5.74, 6) is -0.620. The maximum atomic E-state index is 12.7. The van der Waals surface area contributed by atoms with Crippen LogP contribution in [-0.2, 0) is 9.59 Å². The topological polar surface area (TPSA) is 72.9 Å². The fourth-order valence-electron chi connectivity index (χ4n) is 2.71. The van der Waals surface area contributed by atoms with E-state index in [2.05, 4.69) is 0 Å². The SMILES string of the molecule is CCOc1ccc(N(C=C2C(=O)Oc3ccccc3C2=O)C(=O)CC)cc1. The number of carbonyl (C=O) groups excluding carboxylic acids is 3. The van der Waals surface area contributed by atoms with Gasteiger partial charge < -0.3 is 9.47 Å². The summed E-state index contributed by atoms with van der Waals surface area (Å²) in [4.78, 5) is 38.8. The van der Waals surface area contributed by atoms with Crippen molar-refractivity contribution in [3.05, 3.63) is 65.9 Å². The van der Waals surface area contributed by atoms with Crippen LogP contribution in [0, 0.1) is 0 Å². The molecule has 27 heavy (non-hydrogen) atoms. The predicted molar refractivity (Wildman–Crippen MR) is 99.9 cm³/mol. The normalized spacial score (nSPS) is 14.5. The molecule has 0 fully saturated rings. The number of ketones is 1. The van der Waals surface area contributed by atoms with Gasteiger partial charge in [0.1, 0.15) is 17.1 Å². The third-order valence-corrected chi connectivity index (χ3v) is 4.05. The predicted octanol–water partition coefficient (Wildman–Crippen LogP) is 3.51. The number of amides is 1. The number of hydrogen-bond acceptors (Lipinski definition) is 5. The Morgan fingerprint density at radius 2 is 1.78 bits per heavy atom. The van der Waals surface area contributed by atoms with E-state index in [9.17, 15) is 14.4 Å². The van der Waals surface area contributed by atoms with E-state index >= 15 is 0 Å². The zero-order valence-corrected chi connectivity index (χ0v) is 15.1. The smallest absolute Gasteiger partial charge is 0.349 e. The lowest BCUT2D eigenvalue weighted by Crippen LogP contribution is -2.31. The summed E-state index contributed by atoms with van der Waals surface area (Å²) in [6.07, 6.45) is 1.46. The molecule has 0 N–H and O–H groups in total. The molecule has 1 amide bonds. The van der Waals surface area contributed by atoms with Gasteiger partial charge in [0.25, 0.3) is 0 Å². The molecule has 0 saturated heterocycles. The Bertz CT molecular complexity index is 914. The Kier molecular flexibility index (Phi) is 5.35. The second-order valence-electron chi connectivity index (χ2n) is 5.80. The molecule has 0 atom stereocenters. The number of carbonyl (C=O) groups is 3. The standard InChI is InChI=1S/C21H19NO5/c1-3-19(23)22(14-9-11-15(12-10-14)26-4-2)13-17-20(24)16-7-5-6-8-18(16)27-21(17)25/h5-13H,3-4H2,1-2H3. The van der Waals surface area contributed by atoms with Crippen molar-refractivity contribution in [1.29, 1.82) is 0 Å². The van der Waals surface area contributed by atoms with E-state index in [1.54, 1.807) is 55.5 Å². The number of para-hydroxylation sites is 1. The number of ether oxygens (including phenoxy) is 2. The molecule has 0 saturated carbocycles. The van der Waals surface area contributed by atoms with Crippen LogP contribution in [0.5, 0.6) is 11.5 Å². The first kappa shape index (κ1) is 18.4. The monoisotopic (exact) mass is 365 g/mol. The molecular formula is C21H19NO5. The zero-order chi connectivity index (χ0) is 19.4. The maximum absolute atomic E-state index is 12.7. The van der Waals surface area contributed by atoms with Crippen LogP contribution < -0.4 is 14.4 Å². The highest BCUT2D eigenvalue weighted by Gasteiger charge is 2.32. The van der Waals surface area contributed by atoms with E-state index in [1.165, 1.54) is 11.1 Å². The molecular weight excluding hydrogens is 346 g/mol. The van der Waals surface area contributed by atoms with E-state index in [1.807, 2.05) is 6.92 Å². The number of hydrogen-bond donors (Lipinski definition) is 0. The first-order chi connectivity index (χ1) is 13.0. The Hall–Kier alpha value is -3.41. The molecule has 1 heterocycles. The largest absolute Gasteiger partial charge is 0.494 e. The first-order valence-corrected chi connectivity index (χ1v) is 8.67. The molecule has 2 aromatic rings. The van der Waals surface area contributed by atoms with Crippen molar-refractivity contribution in [2.45, 2.75) is 20.3 Å². The summed E-state index contributed by atoms with van der Waals surface area (Å²) in [5, 5.41) is 0. The highest BCUT2D eigenvalue weighted by atomic mass is 16.5. The maximum Gasteiger partial charge on any atom is 0.349 e. The zero-order valence-electron chi connectivity index (χ0n) is 15.1. The van der Waals surface area contributed by atoms with E-state index in [0.29, 0.717) is 23.6 Å². The highest BCUT2D eigenvalue weighted by molar-refractivity contribution is 6.28. The van der Waals surface area contributed by atoms with Gasteiger partial charge in [-0.2, -0.15) is 0 Å². The van der Waals surface area contributed by atoms with E-state index in [4.69, 9.17) is 9.47 Å². The van der Waals surface area contributed by atoms with Crippen LogP contribution in [0.25, 0.3) is 0 Å². The average Bonchev–Trinajstić information content (AvgIpc) is 2.68. The molecule has 0 radical (unpaired) electrons. The summed E-state index contributed by atoms with van der Waals surface area (Å²) < 4.78 is 10.6. The number of benzene rings is 2. The van der Waals surface area contributed by atoms with Gasteiger partial charge in [0.05, 0.1) is 12.2 Å². The number of nitrogens with zero attached hydrogens (tertiary/aromatic N) is 1. The van der Waals surface area contributed by atoms with E-state index in [-0.39, 0.29) is 23.7 Å². The summed E-state index contributed by atoms with van der Waals surface area (Å²) in [6, 6.07) is 13.4. The number of rotatable bonds is 5. The van der Waals surface area contributed by atoms with Gasteiger partial charge in [0.2, 0.25) is 11.7 Å². The van der Waals surface area contributed by atoms with Crippen LogP contribution in [0.15, 0.2) is 60.3 Å². The fraction of sp³-hybridized carbons (Fsp3) is 0.190. The molecule has 0 aliphatic carbocycles. The molecule has 6 heteroatoms. The summed E-state index contributed by atoms with van der Waals surface area (Å²) in [7, 11) is 0. The Balaban J connectivity index is 2.00. The molecule has 138 valence electrons. The van der Waals surface area contributed by atoms with E-state index in [0.717, 1.165) is 0 Å². The summed E-state index contributed by atoms with van der Waals surface area (Å²) in [5.41, 5.74) is 0.626. The van der Waals surface area contributed by atoms with Gasteiger partial charge in [-0.05, 0) is 43.3 Å². The van der Waals surface area contributed by atoms with Crippen molar-refractivity contribution in [3.63, 3.8) is 0 Å².